The zero-order valence-electron chi connectivity index (χ0n) is 51.9. The Bertz CT molecular complexity index is 1440. The van der Waals surface area contributed by atoms with Crippen molar-refractivity contribution in [1.82, 2.24) is 0 Å². The van der Waals surface area contributed by atoms with Crippen LogP contribution in [0, 0.1) is 0 Å². The van der Waals surface area contributed by atoms with Crippen LogP contribution in [0.1, 0.15) is 348 Å². The molecule has 1 atom stereocenters. The number of carbonyl (C=O) groups is 3. The maximum Gasteiger partial charge on any atom is 0.306 e. The molecule has 0 saturated carbocycles. The Morgan fingerprint density at radius 1 is 0.269 bits per heavy atom. The fourth-order valence-corrected chi connectivity index (χ4v) is 9.92. The van der Waals surface area contributed by atoms with Crippen LogP contribution in [0.3, 0.4) is 0 Å². The number of rotatable bonds is 62. The Balaban J connectivity index is 4.14. The molecule has 0 aliphatic carbocycles. The molecule has 0 radical (unpaired) electrons. The minimum atomic E-state index is -0.775. The summed E-state index contributed by atoms with van der Waals surface area (Å²) in [6.07, 6.45) is 86.6. The van der Waals surface area contributed by atoms with Crippen LogP contribution in [0.15, 0.2) is 72.9 Å². The van der Waals surface area contributed by atoms with Gasteiger partial charge in [0.2, 0.25) is 0 Å². The summed E-state index contributed by atoms with van der Waals surface area (Å²) in [5.74, 6) is -0.868. The van der Waals surface area contributed by atoms with Gasteiger partial charge in [-0.05, 0) is 70.6 Å². The van der Waals surface area contributed by atoms with Crippen LogP contribution >= 0.6 is 0 Å². The average Bonchev–Trinajstić information content (AvgIpc) is 3.44. The van der Waals surface area contributed by atoms with Crippen molar-refractivity contribution in [3.05, 3.63) is 72.9 Å². The topological polar surface area (TPSA) is 78.9 Å². The standard InChI is InChI=1S/C72H128O6/c1-4-7-10-13-16-19-21-23-25-27-29-31-33-35-36-38-39-41-43-45-47-49-51-53-56-59-62-65-71(74)77-68-69(67-76-70(73)64-61-58-55-18-15-12-9-6-3)78-72(75)66-63-60-57-54-52-50-48-46-44-42-40-37-34-32-30-28-26-24-22-20-17-14-11-8-5-2/h7,10,16,19,23,25,29,31,35-36,39,41,69H,4-6,8-9,11-15,17-18,20-22,24,26-28,30,32-34,37-38,40,42-68H2,1-3H3/b10-7-,19-16-,25-23-,31-29-,36-35-,41-39-. The molecule has 0 bridgehead atoms. The van der Waals surface area contributed by atoms with Crippen molar-refractivity contribution in [3.63, 3.8) is 0 Å². The first kappa shape index (κ1) is 74.8. The van der Waals surface area contributed by atoms with Crippen molar-refractivity contribution in [2.75, 3.05) is 13.2 Å². The van der Waals surface area contributed by atoms with E-state index in [9.17, 15) is 14.4 Å². The van der Waals surface area contributed by atoms with Gasteiger partial charge >= 0.3 is 17.9 Å². The van der Waals surface area contributed by atoms with Crippen molar-refractivity contribution >= 4 is 17.9 Å². The van der Waals surface area contributed by atoms with E-state index >= 15 is 0 Å². The summed E-state index contributed by atoms with van der Waals surface area (Å²) in [6.45, 7) is 6.54. The minimum absolute atomic E-state index is 0.0737. The highest BCUT2D eigenvalue weighted by molar-refractivity contribution is 5.71. The van der Waals surface area contributed by atoms with Gasteiger partial charge in [-0.3, -0.25) is 14.4 Å². The monoisotopic (exact) mass is 1090 g/mol. The van der Waals surface area contributed by atoms with Crippen molar-refractivity contribution in [3.8, 4) is 0 Å². The predicted molar refractivity (Wildman–Crippen MR) is 339 cm³/mol. The second-order valence-corrected chi connectivity index (χ2v) is 22.7. The van der Waals surface area contributed by atoms with Crippen molar-refractivity contribution in [1.29, 1.82) is 0 Å². The lowest BCUT2D eigenvalue weighted by Crippen LogP contribution is -2.30. The van der Waals surface area contributed by atoms with Gasteiger partial charge in [0.25, 0.3) is 0 Å². The second-order valence-electron chi connectivity index (χ2n) is 22.7. The fraction of sp³-hybridized carbons (Fsp3) is 0.792. The molecule has 0 aromatic carbocycles. The van der Waals surface area contributed by atoms with Gasteiger partial charge in [-0.15, -0.1) is 0 Å². The van der Waals surface area contributed by atoms with E-state index in [0.717, 1.165) is 103 Å². The van der Waals surface area contributed by atoms with Crippen LogP contribution in [-0.4, -0.2) is 37.2 Å². The molecule has 6 heteroatoms. The Morgan fingerprint density at radius 3 is 0.782 bits per heavy atom. The third-order valence-electron chi connectivity index (χ3n) is 15.0. The van der Waals surface area contributed by atoms with E-state index in [0.29, 0.717) is 19.3 Å². The molecule has 0 heterocycles. The quantitative estimate of drug-likeness (QED) is 0.0261. The van der Waals surface area contributed by atoms with Crippen molar-refractivity contribution in [2.24, 2.45) is 0 Å². The van der Waals surface area contributed by atoms with Gasteiger partial charge in [-0.1, -0.05) is 331 Å². The Kier molecular flexibility index (Phi) is 63.7. The molecule has 6 nitrogen and oxygen atoms in total. The van der Waals surface area contributed by atoms with Gasteiger partial charge in [0.05, 0.1) is 0 Å². The number of carbonyl (C=O) groups excluding carboxylic acids is 3. The average molecular weight is 1090 g/mol. The first-order valence-electron chi connectivity index (χ1n) is 33.9. The molecule has 0 spiro atoms. The summed E-state index contributed by atoms with van der Waals surface area (Å²) in [7, 11) is 0. The maximum absolute atomic E-state index is 12.9. The van der Waals surface area contributed by atoms with Crippen LogP contribution in [0.4, 0.5) is 0 Å². The summed E-state index contributed by atoms with van der Waals surface area (Å²) >= 11 is 0. The van der Waals surface area contributed by atoms with E-state index < -0.39 is 6.10 Å². The largest absolute Gasteiger partial charge is 0.462 e. The van der Waals surface area contributed by atoms with Crippen LogP contribution in [0.5, 0.6) is 0 Å². The molecular formula is C72H128O6. The van der Waals surface area contributed by atoms with E-state index in [4.69, 9.17) is 14.2 Å². The van der Waals surface area contributed by atoms with Gasteiger partial charge in [-0.25, -0.2) is 0 Å². The number of unbranched alkanes of at least 4 members (excludes halogenated alkanes) is 39. The molecule has 78 heavy (non-hydrogen) atoms. The highest BCUT2D eigenvalue weighted by Gasteiger charge is 2.19. The van der Waals surface area contributed by atoms with E-state index in [2.05, 4.69) is 93.7 Å². The normalized spacial score (nSPS) is 12.5. The third kappa shape index (κ3) is 63.7. The van der Waals surface area contributed by atoms with E-state index in [1.807, 2.05) is 0 Å². The SMILES string of the molecule is CC/C=C\C/C=C\C/C=C\C/C=C\C/C=C\C/C=C\CCCCCCCCCCC(=O)OCC(COC(=O)CCCCCCCCCC)OC(=O)CCCCCCCCCCCCCCCCCCCCCCCCCCC. The molecule has 0 aromatic heterocycles. The molecule has 0 aliphatic rings. The lowest BCUT2D eigenvalue weighted by molar-refractivity contribution is -0.167. The molecule has 452 valence electrons. The van der Waals surface area contributed by atoms with Gasteiger partial charge < -0.3 is 14.2 Å². The van der Waals surface area contributed by atoms with E-state index in [1.165, 1.54) is 205 Å². The lowest BCUT2D eigenvalue weighted by atomic mass is 10.0. The summed E-state index contributed by atoms with van der Waals surface area (Å²) in [6, 6.07) is 0. The molecule has 1 unspecified atom stereocenters. The molecule has 0 saturated heterocycles. The molecule has 0 fully saturated rings. The summed E-state index contributed by atoms with van der Waals surface area (Å²) in [5.41, 5.74) is 0. The number of esters is 3. The number of allylic oxidation sites excluding steroid dienone is 12. The van der Waals surface area contributed by atoms with Gasteiger partial charge in [0, 0.05) is 19.3 Å². The lowest BCUT2D eigenvalue weighted by Gasteiger charge is -2.18. The molecule has 0 amide bonds. The first-order valence-corrected chi connectivity index (χ1v) is 33.9. The van der Waals surface area contributed by atoms with Gasteiger partial charge in [-0.2, -0.15) is 0 Å². The zero-order valence-corrected chi connectivity index (χ0v) is 51.9. The second kappa shape index (κ2) is 66.4. The van der Waals surface area contributed by atoms with Crippen LogP contribution in [0.2, 0.25) is 0 Å². The van der Waals surface area contributed by atoms with Crippen LogP contribution in [0.25, 0.3) is 0 Å². The third-order valence-corrected chi connectivity index (χ3v) is 15.0. The predicted octanol–water partition coefficient (Wildman–Crippen LogP) is 23.3. The van der Waals surface area contributed by atoms with Crippen LogP contribution < -0.4 is 0 Å². The van der Waals surface area contributed by atoms with E-state index in [-0.39, 0.29) is 31.1 Å². The van der Waals surface area contributed by atoms with Crippen molar-refractivity contribution in [2.45, 2.75) is 354 Å². The molecule has 0 aliphatic heterocycles. The maximum atomic E-state index is 12.9. The highest BCUT2D eigenvalue weighted by atomic mass is 16.6. The Hall–Kier alpha value is -3.15. The molecule has 0 rings (SSSR count). The first-order chi connectivity index (χ1) is 38.5. The fourth-order valence-electron chi connectivity index (χ4n) is 9.92. The minimum Gasteiger partial charge on any atom is -0.462 e. The number of hydrogen-bond donors (Lipinski definition) is 0. The van der Waals surface area contributed by atoms with Gasteiger partial charge in [0.15, 0.2) is 6.10 Å². The molecular weight excluding hydrogens is 961 g/mol. The highest BCUT2D eigenvalue weighted by Crippen LogP contribution is 2.18. The van der Waals surface area contributed by atoms with Gasteiger partial charge in [0.1, 0.15) is 13.2 Å². The summed E-state index contributed by atoms with van der Waals surface area (Å²) in [4.78, 5) is 38.2. The van der Waals surface area contributed by atoms with Crippen molar-refractivity contribution < 1.29 is 28.6 Å². The van der Waals surface area contributed by atoms with Crippen LogP contribution in [-0.2, 0) is 28.6 Å². The summed E-state index contributed by atoms with van der Waals surface area (Å²) < 4.78 is 16.9. The zero-order chi connectivity index (χ0) is 56.4. The number of ether oxygens (including phenoxy) is 3. The smallest absolute Gasteiger partial charge is 0.306 e. The molecule has 0 N–H and O–H groups in total. The van der Waals surface area contributed by atoms with E-state index in [1.54, 1.807) is 0 Å². The number of hydrogen-bond acceptors (Lipinski definition) is 6. The summed E-state index contributed by atoms with van der Waals surface area (Å²) in [5, 5.41) is 0. The Morgan fingerprint density at radius 2 is 0.500 bits per heavy atom. The molecule has 0 aromatic rings. The Labute approximate surface area is 484 Å².